The summed E-state index contributed by atoms with van der Waals surface area (Å²) in [7, 11) is 0. The molecule has 0 atom stereocenters. The summed E-state index contributed by atoms with van der Waals surface area (Å²) in [6.07, 6.45) is 5.67. The van der Waals surface area contributed by atoms with Crippen molar-refractivity contribution >= 4 is 11.7 Å². The molecule has 3 nitrogen and oxygen atoms in total. The van der Waals surface area contributed by atoms with Gasteiger partial charge in [-0.25, -0.2) is 0 Å². The fourth-order valence-corrected chi connectivity index (χ4v) is 2.67. The Morgan fingerprint density at radius 3 is 2.89 bits per heavy atom. The summed E-state index contributed by atoms with van der Waals surface area (Å²) in [6, 6.07) is 5.95. The first-order valence-corrected chi connectivity index (χ1v) is 7.14. The number of rotatable bonds is 4. The molecule has 0 saturated heterocycles. The minimum Gasteiger partial charge on any atom is -0.352 e. The molecule has 0 spiro atoms. The zero-order valence-electron chi connectivity index (χ0n) is 11.1. The van der Waals surface area contributed by atoms with Crippen molar-refractivity contribution in [1.82, 2.24) is 5.32 Å². The van der Waals surface area contributed by atoms with Crippen LogP contribution in [-0.4, -0.2) is 11.7 Å². The monoisotopic (exact) mass is 257 g/mol. The lowest BCUT2D eigenvalue weighted by Gasteiger charge is -2.15. The SMILES string of the molecule is O=C(CC1CC1)NCc1ccc2c(c1)CCCC2=O. The van der Waals surface area contributed by atoms with Crippen LogP contribution in [0, 0.1) is 5.92 Å². The van der Waals surface area contributed by atoms with Crippen LogP contribution in [0.5, 0.6) is 0 Å². The minimum atomic E-state index is 0.149. The Labute approximate surface area is 113 Å². The van der Waals surface area contributed by atoms with E-state index in [1.54, 1.807) is 0 Å². The van der Waals surface area contributed by atoms with Crippen LogP contribution in [-0.2, 0) is 17.8 Å². The molecule has 1 N–H and O–H groups in total. The summed E-state index contributed by atoms with van der Waals surface area (Å²) in [5, 5.41) is 2.96. The van der Waals surface area contributed by atoms with Gasteiger partial charge in [0.05, 0.1) is 0 Å². The van der Waals surface area contributed by atoms with Crippen LogP contribution in [0.2, 0.25) is 0 Å². The van der Waals surface area contributed by atoms with Crippen molar-refractivity contribution in [2.24, 2.45) is 5.92 Å². The van der Waals surface area contributed by atoms with Gasteiger partial charge in [-0.05, 0) is 42.7 Å². The second-order valence-electron chi connectivity index (χ2n) is 5.69. The number of Topliss-reactive ketones (excluding diaryl/α,β-unsaturated/α-hetero) is 1. The lowest BCUT2D eigenvalue weighted by Crippen LogP contribution is -2.23. The van der Waals surface area contributed by atoms with E-state index < -0.39 is 0 Å². The van der Waals surface area contributed by atoms with Gasteiger partial charge >= 0.3 is 0 Å². The van der Waals surface area contributed by atoms with Crippen molar-refractivity contribution < 1.29 is 9.59 Å². The van der Waals surface area contributed by atoms with Gasteiger partial charge in [0.1, 0.15) is 0 Å². The van der Waals surface area contributed by atoms with Gasteiger partial charge in [-0.2, -0.15) is 0 Å². The number of hydrogen-bond donors (Lipinski definition) is 1. The van der Waals surface area contributed by atoms with Gasteiger partial charge in [-0.15, -0.1) is 0 Å². The number of ketones is 1. The molecule has 0 aromatic heterocycles. The van der Waals surface area contributed by atoms with Crippen molar-refractivity contribution in [2.75, 3.05) is 0 Å². The molecule has 0 aliphatic heterocycles. The second kappa shape index (κ2) is 5.16. The summed E-state index contributed by atoms with van der Waals surface area (Å²) < 4.78 is 0. The highest BCUT2D eigenvalue weighted by Gasteiger charge is 2.24. The predicted octanol–water partition coefficient (Wildman–Crippen LogP) is 2.62. The number of nitrogens with one attached hydrogen (secondary N) is 1. The highest BCUT2D eigenvalue weighted by Crippen LogP contribution is 2.32. The Kier molecular flexibility index (Phi) is 3.36. The molecule has 1 amide bonds. The first-order chi connectivity index (χ1) is 9.22. The first-order valence-electron chi connectivity index (χ1n) is 7.14. The molecular formula is C16H19NO2. The molecule has 3 rings (SSSR count). The van der Waals surface area contributed by atoms with Crippen LogP contribution in [0.3, 0.4) is 0 Å². The highest BCUT2D eigenvalue weighted by molar-refractivity contribution is 5.98. The van der Waals surface area contributed by atoms with E-state index in [9.17, 15) is 9.59 Å². The lowest BCUT2D eigenvalue weighted by atomic mass is 9.89. The zero-order valence-corrected chi connectivity index (χ0v) is 11.1. The topological polar surface area (TPSA) is 46.2 Å². The van der Waals surface area contributed by atoms with E-state index >= 15 is 0 Å². The Morgan fingerprint density at radius 1 is 1.26 bits per heavy atom. The normalized spacial score (nSPS) is 18.0. The van der Waals surface area contributed by atoms with Crippen LogP contribution in [0.15, 0.2) is 18.2 Å². The zero-order chi connectivity index (χ0) is 13.2. The molecule has 3 heteroatoms. The van der Waals surface area contributed by atoms with Crippen molar-refractivity contribution in [1.29, 1.82) is 0 Å². The Morgan fingerprint density at radius 2 is 2.11 bits per heavy atom. The summed E-state index contributed by atoms with van der Waals surface area (Å²) >= 11 is 0. The smallest absolute Gasteiger partial charge is 0.220 e. The van der Waals surface area contributed by atoms with Crippen LogP contribution in [0.1, 0.15) is 53.6 Å². The van der Waals surface area contributed by atoms with Gasteiger partial charge < -0.3 is 5.32 Å². The average molecular weight is 257 g/mol. The van der Waals surface area contributed by atoms with Crippen LogP contribution in [0.25, 0.3) is 0 Å². The molecule has 19 heavy (non-hydrogen) atoms. The number of hydrogen-bond acceptors (Lipinski definition) is 2. The van der Waals surface area contributed by atoms with Gasteiger partial charge in [0.25, 0.3) is 0 Å². The maximum Gasteiger partial charge on any atom is 0.220 e. The molecular weight excluding hydrogens is 238 g/mol. The van der Waals surface area contributed by atoms with E-state index in [0.717, 1.165) is 29.5 Å². The molecule has 0 heterocycles. The Bertz CT molecular complexity index is 517. The molecule has 100 valence electrons. The van der Waals surface area contributed by atoms with Crippen molar-refractivity contribution in [2.45, 2.75) is 45.1 Å². The molecule has 0 radical (unpaired) electrons. The molecule has 2 aliphatic rings. The number of carbonyl (C=O) groups excluding carboxylic acids is 2. The molecule has 0 bridgehead atoms. The van der Waals surface area contributed by atoms with Crippen LogP contribution in [0.4, 0.5) is 0 Å². The Balaban J connectivity index is 1.61. The molecule has 1 aromatic carbocycles. The molecule has 1 fully saturated rings. The standard InChI is InChI=1S/C16H19NO2/c18-15-3-1-2-13-8-12(6-7-14(13)15)10-17-16(19)9-11-4-5-11/h6-8,11H,1-5,9-10H2,(H,17,19). The van der Waals surface area contributed by atoms with Crippen LogP contribution >= 0.6 is 0 Å². The first kappa shape index (κ1) is 12.4. The number of fused-ring (bicyclic) bond motifs is 1. The number of benzene rings is 1. The molecule has 2 aliphatic carbocycles. The summed E-state index contributed by atoms with van der Waals surface area (Å²) in [5.41, 5.74) is 3.11. The third-order valence-corrected chi connectivity index (χ3v) is 3.98. The van der Waals surface area contributed by atoms with E-state index in [4.69, 9.17) is 0 Å². The summed E-state index contributed by atoms with van der Waals surface area (Å²) in [6.45, 7) is 0.576. The van der Waals surface area contributed by atoms with E-state index in [2.05, 4.69) is 11.4 Å². The van der Waals surface area contributed by atoms with Gasteiger partial charge in [0.2, 0.25) is 5.91 Å². The quantitative estimate of drug-likeness (QED) is 0.901. The predicted molar refractivity (Wildman–Crippen MR) is 72.9 cm³/mol. The third-order valence-electron chi connectivity index (χ3n) is 3.98. The van der Waals surface area contributed by atoms with E-state index in [1.807, 2.05) is 12.1 Å². The number of aryl methyl sites for hydroxylation is 1. The largest absolute Gasteiger partial charge is 0.352 e. The number of amides is 1. The van der Waals surface area contributed by atoms with E-state index in [-0.39, 0.29) is 11.7 Å². The Hall–Kier alpha value is -1.64. The molecule has 1 saturated carbocycles. The minimum absolute atomic E-state index is 0.149. The van der Waals surface area contributed by atoms with Gasteiger partial charge in [-0.3, -0.25) is 9.59 Å². The van der Waals surface area contributed by atoms with Crippen LogP contribution < -0.4 is 5.32 Å². The van der Waals surface area contributed by atoms with E-state index in [1.165, 1.54) is 12.8 Å². The number of carbonyl (C=O) groups is 2. The fourth-order valence-electron chi connectivity index (χ4n) is 2.67. The third kappa shape index (κ3) is 3.03. The van der Waals surface area contributed by atoms with Crippen molar-refractivity contribution in [3.8, 4) is 0 Å². The van der Waals surface area contributed by atoms with E-state index in [0.29, 0.717) is 25.3 Å². The van der Waals surface area contributed by atoms with Crippen molar-refractivity contribution in [3.05, 3.63) is 34.9 Å². The van der Waals surface area contributed by atoms with Gasteiger partial charge in [0.15, 0.2) is 5.78 Å². The summed E-state index contributed by atoms with van der Waals surface area (Å²) in [4.78, 5) is 23.4. The fraction of sp³-hybridized carbons (Fsp3) is 0.500. The van der Waals surface area contributed by atoms with Gasteiger partial charge in [-0.1, -0.05) is 18.2 Å². The average Bonchev–Trinajstić information content (AvgIpc) is 3.20. The maximum atomic E-state index is 11.7. The molecule has 1 aromatic rings. The molecule has 0 unspecified atom stereocenters. The summed E-state index contributed by atoms with van der Waals surface area (Å²) in [5.74, 6) is 1.03. The lowest BCUT2D eigenvalue weighted by molar-refractivity contribution is -0.121. The van der Waals surface area contributed by atoms with Gasteiger partial charge in [0, 0.05) is 24.9 Å². The second-order valence-corrected chi connectivity index (χ2v) is 5.69. The highest BCUT2D eigenvalue weighted by atomic mass is 16.1. The maximum absolute atomic E-state index is 11.7. The van der Waals surface area contributed by atoms with Crippen molar-refractivity contribution in [3.63, 3.8) is 0 Å².